The van der Waals surface area contributed by atoms with Gasteiger partial charge in [-0.3, -0.25) is 0 Å². The number of aromatic amines is 1. The van der Waals surface area contributed by atoms with Crippen LogP contribution >= 0.6 is 0 Å². The number of piperidine rings is 1. The zero-order chi connectivity index (χ0) is 17.6. The molecule has 0 unspecified atom stereocenters. The highest BCUT2D eigenvalue weighted by atomic mass is 16.5. The van der Waals surface area contributed by atoms with Crippen LogP contribution in [-0.2, 0) is 13.0 Å². The maximum absolute atomic E-state index is 6.00. The van der Waals surface area contributed by atoms with E-state index in [9.17, 15) is 0 Å². The van der Waals surface area contributed by atoms with Crippen LogP contribution in [0.4, 0.5) is 0 Å². The first-order chi connectivity index (χ1) is 12.9. The molecule has 1 aliphatic rings. The minimum Gasteiger partial charge on any atom is -0.489 e. The van der Waals surface area contributed by atoms with Gasteiger partial charge in [0.25, 0.3) is 0 Å². The number of H-pyrrole nitrogens is 1. The molecular formula is C23H28N2O. The maximum Gasteiger partial charge on any atom is 0.120 e. The number of benzene rings is 2. The van der Waals surface area contributed by atoms with Crippen molar-refractivity contribution in [3.05, 3.63) is 65.9 Å². The van der Waals surface area contributed by atoms with Gasteiger partial charge in [0.1, 0.15) is 12.4 Å². The van der Waals surface area contributed by atoms with E-state index in [1.165, 1.54) is 60.8 Å². The molecule has 1 aliphatic heterocycles. The molecule has 0 atom stereocenters. The van der Waals surface area contributed by atoms with Gasteiger partial charge in [-0.05, 0) is 74.0 Å². The average molecular weight is 348 g/mol. The van der Waals surface area contributed by atoms with E-state index in [0.29, 0.717) is 6.61 Å². The second-order valence-corrected chi connectivity index (χ2v) is 7.38. The lowest BCUT2D eigenvalue weighted by Gasteiger charge is -2.22. The lowest BCUT2D eigenvalue weighted by Crippen LogP contribution is -2.27. The van der Waals surface area contributed by atoms with Crippen molar-refractivity contribution in [3.8, 4) is 5.75 Å². The van der Waals surface area contributed by atoms with Gasteiger partial charge in [-0.15, -0.1) is 0 Å². The summed E-state index contributed by atoms with van der Waals surface area (Å²) < 4.78 is 6.00. The topological polar surface area (TPSA) is 37.0 Å². The van der Waals surface area contributed by atoms with Crippen LogP contribution in [0.15, 0.2) is 54.7 Å². The van der Waals surface area contributed by atoms with Crippen molar-refractivity contribution in [1.29, 1.82) is 0 Å². The summed E-state index contributed by atoms with van der Waals surface area (Å²) in [5.41, 5.74) is 3.82. The van der Waals surface area contributed by atoms with Gasteiger partial charge in [0, 0.05) is 17.1 Å². The lowest BCUT2D eigenvalue weighted by molar-refractivity contribution is 0.306. The molecule has 1 aromatic heterocycles. The molecule has 0 bridgehead atoms. The summed E-state index contributed by atoms with van der Waals surface area (Å²) in [6.45, 7) is 3.00. The third-order valence-electron chi connectivity index (χ3n) is 5.50. The number of ether oxygens (including phenoxy) is 1. The molecule has 0 saturated carbocycles. The van der Waals surface area contributed by atoms with E-state index < -0.39 is 0 Å². The Balaban J connectivity index is 1.37. The minimum absolute atomic E-state index is 0.613. The molecule has 26 heavy (non-hydrogen) atoms. The van der Waals surface area contributed by atoms with Crippen LogP contribution < -0.4 is 10.1 Å². The van der Waals surface area contributed by atoms with Crippen molar-refractivity contribution < 1.29 is 4.74 Å². The SMILES string of the molecule is c1ccc(COc2ccc3[nH]cc(CCCC4CCNCC4)c3c2)cc1. The van der Waals surface area contributed by atoms with Crippen LogP contribution in [0.1, 0.15) is 36.8 Å². The summed E-state index contributed by atoms with van der Waals surface area (Å²) in [5, 5.41) is 4.76. The summed E-state index contributed by atoms with van der Waals surface area (Å²) in [6, 6.07) is 16.7. The van der Waals surface area contributed by atoms with E-state index in [4.69, 9.17) is 4.74 Å². The predicted molar refractivity (Wildman–Crippen MR) is 108 cm³/mol. The Hall–Kier alpha value is -2.26. The second kappa shape index (κ2) is 8.41. The van der Waals surface area contributed by atoms with Crippen molar-refractivity contribution >= 4 is 10.9 Å². The number of hydrogen-bond donors (Lipinski definition) is 2. The van der Waals surface area contributed by atoms with Crippen molar-refractivity contribution in [2.45, 2.75) is 38.7 Å². The van der Waals surface area contributed by atoms with Gasteiger partial charge in [0.2, 0.25) is 0 Å². The molecule has 2 N–H and O–H groups in total. The second-order valence-electron chi connectivity index (χ2n) is 7.38. The van der Waals surface area contributed by atoms with Crippen molar-refractivity contribution in [1.82, 2.24) is 10.3 Å². The predicted octanol–water partition coefficient (Wildman–Crippen LogP) is 5.07. The summed E-state index contributed by atoms with van der Waals surface area (Å²) in [6.07, 6.45) is 8.61. The van der Waals surface area contributed by atoms with Gasteiger partial charge in [-0.1, -0.05) is 36.8 Å². The number of aryl methyl sites for hydroxylation is 1. The highest BCUT2D eigenvalue weighted by Crippen LogP contribution is 2.27. The number of nitrogens with one attached hydrogen (secondary N) is 2. The maximum atomic E-state index is 6.00. The molecular weight excluding hydrogens is 320 g/mol. The third kappa shape index (κ3) is 4.28. The monoisotopic (exact) mass is 348 g/mol. The molecule has 0 aliphatic carbocycles. The van der Waals surface area contributed by atoms with E-state index in [2.05, 4.69) is 59.0 Å². The van der Waals surface area contributed by atoms with Gasteiger partial charge in [0.15, 0.2) is 0 Å². The highest BCUT2D eigenvalue weighted by Gasteiger charge is 2.13. The Kier molecular flexibility index (Phi) is 5.56. The van der Waals surface area contributed by atoms with Crippen LogP contribution in [-0.4, -0.2) is 18.1 Å². The van der Waals surface area contributed by atoms with E-state index in [0.717, 1.165) is 18.1 Å². The largest absolute Gasteiger partial charge is 0.489 e. The first-order valence-electron chi connectivity index (χ1n) is 9.86. The summed E-state index contributed by atoms with van der Waals surface area (Å²) in [5.74, 6) is 1.85. The third-order valence-corrected chi connectivity index (χ3v) is 5.50. The summed E-state index contributed by atoms with van der Waals surface area (Å²) in [4.78, 5) is 3.41. The average Bonchev–Trinajstić information content (AvgIpc) is 3.10. The van der Waals surface area contributed by atoms with Gasteiger partial charge in [-0.2, -0.15) is 0 Å². The Morgan fingerprint density at radius 1 is 1.00 bits per heavy atom. The standard InChI is InChI=1S/C23H28N2O/c1-2-5-19(6-3-1)17-26-21-9-10-23-22(15-21)20(16-25-23)8-4-7-18-11-13-24-14-12-18/h1-3,5-6,9-10,15-16,18,24-25H,4,7-8,11-14,17H2. The van der Waals surface area contributed by atoms with Crippen LogP contribution in [0.3, 0.4) is 0 Å². The number of rotatable bonds is 7. The van der Waals surface area contributed by atoms with Crippen molar-refractivity contribution in [2.24, 2.45) is 5.92 Å². The fraction of sp³-hybridized carbons (Fsp3) is 0.391. The molecule has 2 heterocycles. The zero-order valence-electron chi connectivity index (χ0n) is 15.3. The molecule has 0 radical (unpaired) electrons. The Morgan fingerprint density at radius 2 is 1.85 bits per heavy atom. The van der Waals surface area contributed by atoms with Crippen molar-refractivity contribution in [3.63, 3.8) is 0 Å². The smallest absolute Gasteiger partial charge is 0.120 e. The first kappa shape index (κ1) is 17.2. The van der Waals surface area contributed by atoms with Crippen LogP contribution in [0.5, 0.6) is 5.75 Å². The first-order valence-corrected chi connectivity index (χ1v) is 9.86. The minimum atomic E-state index is 0.613. The molecule has 1 fully saturated rings. The molecule has 3 heteroatoms. The normalized spacial score (nSPS) is 15.4. The fourth-order valence-electron chi connectivity index (χ4n) is 3.95. The Morgan fingerprint density at radius 3 is 2.69 bits per heavy atom. The molecule has 136 valence electrons. The lowest BCUT2D eigenvalue weighted by atomic mass is 9.91. The Labute approximate surface area is 155 Å². The van der Waals surface area contributed by atoms with E-state index >= 15 is 0 Å². The molecule has 0 spiro atoms. The highest BCUT2D eigenvalue weighted by molar-refractivity contribution is 5.84. The van der Waals surface area contributed by atoms with E-state index in [1.807, 2.05) is 6.07 Å². The molecule has 3 aromatic rings. The summed E-state index contributed by atoms with van der Waals surface area (Å²) in [7, 11) is 0. The van der Waals surface area contributed by atoms with Crippen LogP contribution in [0.25, 0.3) is 10.9 Å². The summed E-state index contributed by atoms with van der Waals surface area (Å²) >= 11 is 0. The van der Waals surface area contributed by atoms with Gasteiger partial charge < -0.3 is 15.0 Å². The molecule has 4 rings (SSSR count). The van der Waals surface area contributed by atoms with E-state index in [-0.39, 0.29) is 0 Å². The molecule has 0 amide bonds. The number of aromatic nitrogens is 1. The van der Waals surface area contributed by atoms with Crippen LogP contribution in [0.2, 0.25) is 0 Å². The molecule has 3 nitrogen and oxygen atoms in total. The quantitative estimate of drug-likeness (QED) is 0.625. The zero-order valence-corrected chi connectivity index (χ0v) is 15.3. The fourth-order valence-corrected chi connectivity index (χ4v) is 3.95. The molecule has 2 aromatic carbocycles. The van der Waals surface area contributed by atoms with Crippen LogP contribution in [0, 0.1) is 5.92 Å². The van der Waals surface area contributed by atoms with Gasteiger partial charge in [0.05, 0.1) is 0 Å². The van der Waals surface area contributed by atoms with Gasteiger partial charge >= 0.3 is 0 Å². The number of fused-ring (bicyclic) bond motifs is 1. The number of hydrogen-bond acceptors (Lipinski definition) is 2. The van der Waals surface area contributed by atoms with E-state index in [1.54, 1.807) is 0 Å². The molecule has 1 saturated heterocycles. The Bertz CT molecular complexity index is 819. The van der Waals surface area contributed by atoms with Gasteiger partial charge in [-0.25, -0.2) is 0 Å². The van der Waals surface area contributed by atoms with Crippen molar-refractivity contribution in [2.75, 3.05) is 13.1 Å².